The smallest absolute Gasteiger partial charge is 0.309 e. The quantitative estimate of drug-likeness (QED) is 0.727. The van der Waals surface area contributed by atoms with Crippen molar-refractivity contribution in [3.8, 4) is 17.1 Å². The molecule has 8 heteroatoms. The fourth-order valence-corrected chi connectivity index (χ4v) is 3.70. The topological polar surface area (TPSA) is 117 Å². The van der Waals surface area contributed by atoms with Gasteiger partial charge in [-0.15, -0.1) is 0 Å². The number of rotatable bonds is 5. The number of carbonyl (C=O) groups excluding carboxylic acids is 2. The lowest BCUT2D eigenvalue weighted by molar-refractivity contribution is -0.161. The highest BCUT2D eigenvalue weighted by Crippen LogP contribution is 2.30. The summed E-state index contributed by atoms with van der Waals surface area (Å²) in [5, 5.41) is 0. The Hall–Kier alpha value is -3.03. The SMILES string of the molecule is Cc1nc(C)c(-c2ccc(O[C@H]3CC[C@@H](C(=O)OC(C)(C)C)CC3)nc2)nc1C(N)=O. The number of nitrogens with two attached hydrogens (primary N) is 1. The molecule has 2 heterocycles. The molecule has 2 aromatic rings. The monoisotopic (exact) mass is 426 g/mol. The molecule has 1 saturated carbocycles. The van der Waals surface area contributed by atoms with Crippen molar-refractivity contribution in [2.75, 3.05) is 0 Å². The van der Waals surface area contributed by atoms with E-state index in [9.17, 15) is 9.59 Å². The molecular formula is C23H30N4O4. The van der Waals surface area contributed by atoms with E-state index in [4.69, 9.17) is 15.2 Å². The first-order valence-electron chi connectivity index (χ1n) is 10.5. The first-order chi connectivity index (χ1) is 14.5. The number of ether oxygens (including phenoxy) is 2. The van der Waals surface area contributed by atoms with Crippen molar-refractivity contribution in [3.63, 3.8) is 0 Å². The highest BCUT2D eigenvalue weighted by molar-refractivity contribution is 5.92. The van der Waals surface area contributed by atoms with Crippen LogP contribution in [0.25, 0.3) is 11.3 Å². The Morgan fingerprint density at radius 1 is 1.03 bits per heavy atom. The molecule has 1 aliphatic rings. The van der Waals surface area contributed by atoms with E-state index >= 15 is 0 Å². The average Bonchev–Trinajstić information content (AvgIpc) is 2.68. The molecule has 0 radical (unpaired) electrons. The van der Waals surface area contributed by atoms with E-state index in [1.54, 1.807) is 19.2 Å². The van der Waals surface area contributed by atoms with Gasteiger partial charge in [-0.1, -0.05) is 0 Å². The molecule has 1 amide bonds. The summed E-state index contributed by atoms with van der Waals surface area (Å²) in [5.41, 5.74) is 7.58. The standard InChI is InChI=1S/C23H30N4O4/c1-13-19(27-20(21(24)28)14(2)26-13)16-8-11-18(25-12-16)30-17-9-6-15(7-10-17)22(29)31-23(3,4)5/h8,11-12,15,17H,6-7,9-10H2,1-5H3,(H2,24,28)/t15-,17+. The van der Waals surface area contributed by atoms with Crippen molar-refractivity contribution >= 4 is 11.9 Å². The summed E-state index contributed by atoms with van der Waals surface area (Å²) in [6.07, 6.45) is 4.70. The van der Waals surface area contributed by atoms with Crippen LogP contribution < -0.4 is 10.5 Å². The third kappa shape index (κ3) is 5.77. The van der Waals surface area contributed by atoms with E-state index in [0.29, 0.717) is 23.0 Å². The van der Waals surface area contributed by atoms with Gasteiger partial charge in [0.1, 0.15) is 17.4 Å². The fraction of sp³-hybridized carbons (Fsp3) is 0.522. The van der Waals surface area contributed by atoms with Crippen LogP contribution in [-0.4, -0.2) is 38.5 Å². The molecule has 0 spiro atoms. The highest BCUT2D eigenvalue weighted by Gasteiger charge is 2.30. The van der Waals surface area contributed by atoms with Crippen molar-refractivity contribution in [1.82, 2.24) is 15.0 Å². The molecule has 0 aromatic carbocycles. The summed E-state index contributed by atoms with van der Waals surface area (Å²) in [6.45, 7) is 9.18. The molecule has 0 unspecified atom stereocenters. The maximum Gasteiger partial charge on any atom is 0.309 e. The molecule has 2 N–H and O–H groups in total. The van der Waals surface area contributed by atoms with E-state index < -0.39 is 11.5 Å². The fourth-order valence-electron chi connectivity index (χ4n) is 3.70. The minimum absolute atomic E-state index is 0.0133. The maximum atomic E-state index is 12.3. The van der Waals surface area contributed by atoms with E-state index in [0.717, 1.165) is 31.2 Å². The Balaban J connectivity index is 1.62. The predicted molar refractivity (Wildman–Crippen MR) is 115 cm³/mol. The van der Waals surface area contributed by atoms with Crippen LogP contribution in [0.15, 0.2) is 18.3 Å². The Bertz CT molecular complexity index is 959. The lowest BCUT2D eigenvalue weighted by Crippen LogP contribution is -2.33. The van der Waals surface area contributed by atoms with Gasteiger partial charge in [-0.3, -0.25) is 14.6 Å². The number of primary amides is 1. The van der Waals surface area contributed by atoms with E-state index in [-0.39, 0.29) is 23.7 Å². The zero-order chi connectivity index (χ0) is 22.8. The van der Waals surface area contributed by atoms with Gasteiger partial charge in [0.05, 0.1) is 23.0 Å². The van der Waals surface area contributed by atoms with Crippen LogP contribution in [0.3, 0.4) is 0 Å². The molecule has 8 nitrogen and oxygen atoms in total. The second kappa shape index (κ2) is 8.99. The molecule has 0 bridgehead atoms. The van der Waals surface area contributed by atoms with Crippen LogP contribution in [0.5, 0.6) is 5.88 Å². The maximum absolute atomic E-state index is 12.3. The van der Waals surface area contributed by atoms with Crippen LogP contribution in [0, 0.1) is 19.8 Å². The molecule has 0 saturated heterocycles. The summed E-state index contributed by atoms with van der Waals surface area (Å²) < 4.78 is 11.5. The molecule has 1 aliphatic carbocycles. The minimum Gasteiger partial charge on any atom is -0.474 e. The number of hydrogen-bond acceptors (Lipinski definition) is 7. The molecule has 3 rings (SSSR count). The Morgan fingerprint density at radius 2 is 1.71 bits per heavy atom. The van der Waals surface area contributed by atoms with Crippen LogP contribution in [0.2, 0.25) is 0 Å². The van der Waals surface area contributed by atoms with E-state index in [2.05, 4.69) is 15.0 Å². The van der Waals surface area contributed by atoms with Crippen molar-refractivity contribution < 1.29 is 19.1 Å². The van der Waals surface area contributed by atoms with Crippen molar-refractivity contribution in [3.05, 3.63) is 35.4 Å². The first kappa shape index (κ1) is 22.7. The van der Waals surface area contributed by atoms with Crippen LogP contribution in [-0.2, 0) is 9.53 Å². The summed E-state index contributed by atoms with van der Waals surface area (Å²) in [6, 6.07) is 3.62. The summed E-state index contributed by atoms with van der Waals surface area (Å²) >= 11 is 0. The average molecular weight is 427 g/mol. The molecule has 31 heavy (non-hydrogen) atoms. The molecule has 0 aliphatic heterocycles. The largest absolute Gasteiger partial charge is 0.474 e. The van der Waals surface area contributed by atoms with Gasteiger partial charge in [-0.25, -0.2) is 9.97 Å². The van der Waals surface area contributed by atoms with Crippen molar-refractivity contribution in [2.45, 2.75) is 72.0 Å². The Morgan fingerprint density at radius 3 is 2.26 bits per heavy atom. The second-order valence-corrected chi connectivity index (χ2v) is 8.97. The normalized spacial score (nSPS) is 19.0. The number of aryl methyl sites for hydroxylation is 2. The molecule has 166 valence electrons. The number of amides is 1. The van der Waals surface area contributed by atoms with E-state index in [1.165, 1.54) is 0 Å². The van der Waals surface area contributed by atoms with Crippen molar-refractivity contribution in [2.24, 2.45) is 11.7 Å². The van der Waals surface area contributed by atoms with Gasteiger partial charge < -0.3 is 15.2 Å². The number of pyridine rings is 1. The van der Waals surface area contributed by atoms with Gasteiger partial charge in [0, 0.05) is 17.8 Å². The Kier molecular flexibility index (Phi) is 6.57. The van der Waals surface area contributed by atoms with Gasteiger partial charge in [-0.2, -0.15) is 0 Å². The number of nitrogens with zero attached hydrogens (tertiary/aromatic N) is 3. The van der Waals surface area contributed by atoms with Crippen LogP contribution in [0.1, 0.15) is 68.3 Å². The third-order valence-corrected chi connectivity index (χ3v) is 5.19. The van der Waals surface area contributed by atoms with Gasteiger partial charge >= 0.3 is 5.97 Å². The van der Waals surface area contributed by atoms with Gasteiger partial charge in [0.25, 0.3) is 5.91 Å². The molecular weight excluding hydrogens is 396 g/mol. The van der Waals surface area contributed by atoms with Crippen LogP contribution in [0.4, 0.5) is 0 Å². The van der Waals surface area contributed by atoms with Gasteiger partial charge in [-0.05, 0) is 66.4 Å². The van der Waals surface area contributed by atoms with Gasteiger partial charge in [0.2, 0.25) is 5.88 Å². The lowest BCUT2D eigenvalue weighted by atomic mass is 9.87. The van der Waals surface area contributed by atoms with Gasteiger partial charge in [0.15, 0.2) is 0 Å². The zero-order valence-corrected chi connectivity index (χ0v) is 18.8. The number of esters is 1. The minimum atomic E-state index is -0.610. The Labute approximate surface area is 182 Å². The second-order valence-electron chi connectivity index (χ2n) is 8.97. The lowest BCUT2D eigenvalue weighted by Gasteiger charge is -2.29. The third-order valence-electron chi connectivity index (χ3n) is 5.19. The predicted octanol–water partition coefficient (Wildman–Crippen LogP) is 3.53. The molecule has 2 aromatic heterocycles. The first-order valence-corrected chi connectivity index (χ1v) is 10.5. The molecule has 1 fully saturated rings. The molecule has 0 atom stereocenters. The number of hydrogen-bond donors (Lipinski definition) is 1. The number of carbonyl (C=O) groups is 2. The van der Waals surface area contributed by atoms with E-state index in [1.807, 2.05) is 33.8 Å². The highest BCUT2D eigenvalue weighted by atomic mass is 16.6. The van der Waals surface area contributed by atoms with Crippen LogP contribution >= 0.6 is 0 Å². The summed E-state index contributed by atoms with van der Waals surface area (Å²) in [4.78, 5) is 37.0. The number of aromatic nitrogens is 3. The summed E-state index contributed by atoms with van der Waals surface area (Å²) in [7, 11) is 0. The zero-order valence-electron chi connectivity index (χ0n) is 18.8. The summed E-state index contributed by atoms with van der Waals surface area (Å²) in [5.74, 6) is -0.297. The van der Waals surface area contributed by atoms with Crippen molar-refractivity contribution in [1.29, 1.82) is 0 Å².